The molecule has 0 atom stereocenters. The summed E-state index contributed by atoms with van der Waals surface area (Å²) in [7, 11) is -3.59. The summed E-state index contributed by atoms with van der Waals surface area (Å²) in [5.74, 6) is -0.515. The van der Waals surface area contributed by atoms with Crippen LogP contribution in [0.1, 0.15) is 23.6 Å². The minimum absolute atomic E-state index is 0.338. The second-order valence-corrected chi connectivity index (χ2v) is 7.90. The summed E-state index contributed by atoms with van der Waals surface area (Å²) >= 11 is 0. The Labute approximate surface area is 154 Å². The van der Waals surface area contributed by atoms with Gasteiger partial charge in [0.25, 0.3) is 5.91 Å². The zero-order chi connectivity index (χ0) is 19.2. The fourth-order valence-electron chi connectivity index (χ4n) is 2.39. The van der Waals surface area contributed by atoms with Gasteiger partial charge in [-0.25, -0.2) is 13.8 Å². The average Bonchev–Trinajstić information content (AvgIpc) is 2.59. The molecule has 0 radical (unpaired) electrons. The lowest BCUT2D eigenvalue weighted by Gasteiger charge is -2.21. The van der Waals surface area contributed by atoms with Crippen molar-refractivity contribution in [3.8, 4) is 0 Å². The molecule has 0 aliphatic heterocycles. The molecule has 7 heteroatoms. The Morgan fingerprint density at radius 3 is 2.46 bits per heavy atom. The van der Waals surface area contributed by atoms with Crippen molar-refractivity contribution in [3.63, 3.8) is 0 Å². The first kappa shape index (κ1) is 19.7. The number of anilines is 1. The monoisotopic (exact) mass is 373 g/mol. The van der Waals surface area contributed by atoms with E-state index in [1.807, 2.05) is 50.2 Å². The molecule has 138 valence electrons. The summed E-state index contributed by atoms with van der Waals surface area (Å²) < 4.78 is 25.2. The van der Waals surface area contributed by atoms with E-state index in [2.05, 4.69) is 10.5 Å². The van der Waals surface area contributed by atoms with E-state index < -0.39 is 15.9 Å². The van der Waals surface area contributed by atoms with Gasteiger partial charge in [-0.1, -0.05) is 48.9 Å². The summed E-state index contributed by atoms with van der Waals surface area (Å²) in [5, 5.41) is 3.89. The number of sulfonamides is 1. The maximum atomic E-state index is 12.1. The molecule has 0 spiro atoms. The van der Waals surface area contributed by atoms with Crippen molar-refractivity contribution in [2.75, 3.05) is 17.1 Å². The molecular formula is C19H23N3O3S. The lowest BCUT2D eigenvalue weighted by Crippen LogP contribution is -2.39. The van der Waals surface area contributed by atoms with Crippen LogP contribution in [0, 0.1) is 6.92 Å². The van der Waals surface area contributed by atoms with Crippen LogP contribution in [0.4, 0.5) is 5.69 Å². The van der Waals surface area contributed by atoms with Crippen molar-refractivity contribution in [3.05, 3.63) is 65.2 Å². The molecular weight excluding hydrogens is 350 g/mol. The number of hydrazone groups is 1. The average molecular weight is 373 g/mol. The highest BCUT2D eigenvalue weighted by Crippen LogP contribution is 2.18. The maximum absolute atomic E-state index is 12.1. The van der Waals surface area contributed by atoms with Gasteiger partial charge in [-0.3, -0.25) is 9.10 Å². The first-order valence-electron chi connectivity index (χ1n) is 8.25. The molecule has 0 unspecified atom stereocenters. The van der Waals surface area contributed by atoms with Crippen molar-refractivity contribution in [2.24, 2.45) is 5.10 Å². The number of carbonyl (C=O) groups is 1. The van der Waals surface area contributed by atoms with Crippen LogP contribution in [0.15, 0.2) is 53.6 Å². The molecule has 0 fully saturated rings. The third kappa shape index (κ3) is 5.70. The fourth-order valence-corrected chi connectivity index (χ4v) is 3.25. The molecule has 2 aromatic carbocycles. The van der Waals surface area contributed by atoms with Gasteiger partial charge in [0.1, 0.15) is 6.54 Å². The van der Waals surface area contributed by atoms with Crippen molar-refractivity contribution in [1.82, 2.24) is 5.43 Å². The molecule has 0 aliphatic rings. The number of aryl methyl sites for hydroxylation is 2. The Morgan fingerprint density at radius 1 is 1.19 bits per heavy atom. The Bertz CT molecular complexity index is 891. The molecule has 0 saturated carbocycles. The molecule has 0 aromatic heterocycles. The first-order chi connectivity index (χ1) is 12.3. The molecule has 26 heavy (non-hydrogen) atoms. The maximum Gasteiger partial charge on any atom is 0.260 e. The third-order valence-corrected chi connectivity index (χ3v) is 4.91. The van der Waals surface area contributed by atoms with Crippen LogP contribution >= 0.6 is 0 Å². The van der Waals surface area contributed by atoms with E-state index >= 15 is 0 Å². The van der Waals surface area contributed by atoms with Crippen molar-refractivity contribution in [1.29, 1.82) is 0 Å². The minimum atomic E-state index is -3.59. The van der Waals surface area contributed by atoms with Gasteiger partial charge in [-0.2, -0.15) is 5.10 Å². The molecule has 0 heterocycles. The van der Waals surface area contributed by atoms with Crippen LogP contribution in [0.3, 0.4) is 0 Å². The molecule has 1 N–H and O–H groups in total. The van der Waals surface area contributed by atoms with Crippen LogP contribution in [0.2, 0.25) is 0 Å². The van der Waals surface area contributed by atoms with E-state index in [4.69, 9.17) is 0 Å². The molecule has 0 saturated heterocycles. The zero-order valence-corrected chi connectivity index (χ0v) is 16.0. The van der Waals surface area contributed by atoms with E-state index in [1.165, 1.54) is 6.21 Å². The number of nitrogens with zero attached hydrogens (tertiary/aromatic N) is 2. The molecule has 0 bridgehead atoms. The number of hydrogen-bond donors (Lipinski definition) is 1. The highest BCUT2D eigenvalue weighted by atomic mass is 32.2. The standard InChI is InChI=1S/C19H23N3O3S/c1-4-16-8-10-18(11-9-16)22(26(3,24)25)14-19(23)21-20-13-17-7-5-6-15(2)12-17/h5-13H,4,14H2,1-3H3,(H,21,23)/b20-13-. The van der Waals surface area contributed by atoms with Gasteiger partial charge >= 0.3 is 0 Å². The Morgan fingerprint density at radius 2 is 1.88 bits per heavy atom. The summed E-state index contributed by atoms with van der Waals surface area (Å²) in [6, 6.07) is 14.7. The van der Waals surface area contributed by atoms with Gasteiger partial charge in [0.2, 0.25) is 10.0 Å². The number of nitrogens with one attached hydrogen (secondary N) is 1. The number of amides is 1. The van der Waals surface area contributed by atoms with Crippen molar-refractivity contribution >= 4 is 27.8 Å². The molecule has 2 aromatic rings. The number of carbonyl (C=O) groups excluding carboxylic acids is 1. The summed E-state index contributed by atoms with van der Waals surface area (Å²) in [5.41, 5.74) is 5.84. The predicted octanol–water partition coefficient (Wildman–Crippen LogP) is 2.47. The Kier molecular flexibility index (Phi) is 6.52. The van der Waals surface area contributed by atoms with Crippen LogP contribution in [-0.4, -0.2) is 33.3 Å². The quantitative estimate of drug-likeness (QED) is 0.598. The zero-order valence-electron chi connectivity index (χ0n) is 15.1. The highest BCUT2D eigenvalue weighted by Gasteiger charge is 2.20. The van der Waals surface area contributed by atoms with E-state index in [1.54, 1.807) is 12.1 Å². The largest absolute Gasteiger partial charge is 0.271 e. The van der Waals surface area contributed by atoms with Crippen LogP contribution in [-0.2, 0) is 21.2 Å². The topological polar surface area (TPSA) is 78.8 Å². The van der Waals surface area contributed by atoms with E-state index in [0.29, 0.717) is 5.69 Å². The lowest BCUT2D eigenvalue weighted by atomic mass is 10.1. The summed E-state index contributed by atoms with van der Waals surface area (Å²) in [6.45, 7) is 3.64. The smallest absolute Gasteiger partial charge is 0.260 e. The number of hydrogen-bond acceptors (Lipinski definition) is 4. The lowest BCUT2D eigenvalue weighted by molar-refractivity contribution is -0.119. The highest BCUT2D eigenvalue weighted by molar-refractivity contribution is 7.92. The van der Waals surface area contributed by atoms with Gasteiger partial charge in [-0.15, -0.1) is 0 Å². The second-order valence-electron chi connectivity index (χ2n) is 6.00. The van der Waals surface area contributed by atoms with E-state index in [9.17, 15) is 13.2 Å². The number of benzene rings is 2. The van der Waals surface area contributed by atoms with E-state index in [-0.39, 0.29) is 6.54 Å². The third-order valence-electron chi connectivity index (χ3n) is 3.77. The normalized spacial score (nSPS) is 11.5. The van der Waals surface area contributed by atoms with Crippen LogP contribution < -0.4 is 9.73 Å². The van der Waals surface area contributed by atoms with Crippen LogP contribution in [0.5, 0.6) is 0 Å². The predicted molar refractivity (Wildman–Crippen MR) is 105 cm³/mol. The minimum Gasteiger partial charge on any atom is -0.271 e. The van der Waals surface area contributed by atoms with E-state index in [0.717, 1.165) is 33.7 Å². The fraction of sp³-hybridized carbons (Fsp3) is 0.263. The molecule has 0 aliphatic carbocycles. The van der Waals surface area contributed by atoms with Crippen molar-refractivity contribution < 1.29 is 13.2 Å². The Balaban J connectivity index is 2.06. The Hall–Kier alpha value is -2.67. The van der Waals surface area contributed by atoms with Gasteiger partial charge in [0.05, 0.1) is 18.2 Å². The first-order valence-corrected chi connectivity index (χ1v) is 10.1. The van der Waals surface area contributed by atoms with Gasteiger partial charge in [0.15, 0.2) is 0 Å². The molecule has 2 rings (SSSR count). The van der Waals surface area contributed by atoms with Gasteiger partial charge < -0.3 is 0 Å². The second kappa shape index (κ2) is 8.62. The molecule has 1 amide bonds. The van der Waals surface area contributed by atoms with Gasteiger partial charge in [0, 0.05) is 0 Å². The van der Waals surface area contributed by atoms with Gasteiger partial charge in [-0.05, 0) is 36.6 Å². The summed E-state index contributed by atoms with van der Waals surface area (Å²) in [4.78, 5) is 12.1. The van der Waals surface area contributed by atoms with Crippen molar-refractivity contribution in [2.45, 2.75) is 20.3 Å². The van der Waals surface area contributed by atoms with Crippen LogP contribution in [0.25, 0.3) is 0 Å². The summed E-state index contributed by atoms with van der Waals surface area (Å²) in [6.07, 6.45) is 3.45. The number of rotatable bonds is 7. The molecule has 6 nitrogen and oxygen atoms in total. The SMILES string of the molecule is CCc1ccc(N(CC(=O)N/N=C\c2cccc(C)c2)S(C)(=O)=O)cc1.